The van der Waals surface area contributed by atoms with Gasteiger partial charge in [0.2, 0.25) is 0 Å². The van der Waals surface area contributed by atoms with Gasteiger partial charge >= 0.3 is 5.97 Å². The van der Waals surface area contributed by atoms with E-state index in [1.807, 2.05) is 30.3 Å². The standard InChI is InChI=1S/C9H11NO2.C2H4O3S/c10-8(9(11)12)6-7-4-2-1-3-5-7;1-2-6(3,4)5/h1-5,8H,6,10H2,(H,11,12);2H,1H2,(H,3,4,5). The van der Waals surface area contributed by atoms with Gasteiger partial charge in [-0.3, -0.25) is 9.35 Å². The van der Waals surface area contributed by atoms with Crippen LogP contribution in [0.25, 0.3) is 0 Å². The van der Waals surface area contributed by atoms with E-state index < -0.39 is 22.1 Å². The second-order valence-corrected chi connectivity index (χ2v) is 4.68. The van der Waals surface area contributed by atoms with Crippen molar-refractivity contribution in [3.05, 3.63) is 47.9 Å². The van der Waals surface area contributed by atoms with E-state index in [0.717, 1.165) is 5.56 Å². The lowest BCUT2D eigenvalue weighted by molar-refractivity contribution is -0.138. The molecule has 0 bridgehead atoms. The Labute approximate surface area is 105 Å². The molecule has 100 valence electrons. The molecule has 1 rings (SSSR count). The van der Waals surface area contributed by atoms with Crippen molar-refractivity contribution in [2.24, 2.45) is 5.73 Å². The molecule has 0 saturated heterocycles. The lowest BCUT2D eigenvalue weighted by Gasteiger charge is -2.04. The van der Waals surface area contributed by atoms with E-state index >= 15 is 0 Å². The van der Waals surface area contributed by atoms with Crippen LogP contribution in [0.5, 0.6) is 0 Å². The maximum absolute atomic E-state index is 10.4. The van der Waals surface area contributed by atoms with Crippen LogP contribution in [0.1, 0.15) is 5.56 Å². The molecule has 0 aliphatic rings. The van der Waals surface area contributed by atoms with E-state index in [-0.39, 0.29) is 0 Å². The number of carboxylic acids is 1. The molecule has 18 heavy (non-hydrogen) atoms. The molecule has 0 spiro atoms. The summed E-state index contributed by atoms with van der Waals surface area (Å²) in [6.45, 7) is 2.79. The first-order valence-electron chi connectivity index (χ1n) is 4.88. The molecule has 1 aromatic rings. The molecule has 7 heteroatoms. The monoisotopic (exact) mass is 273 g/mol. The van der Waals surface area contributed by atoms with Crippen LogP contribution in [-0.4, -0.2) is 30.1 Å². The third kappa shape index (κ3) is 8.45. The second-order valence-electron chi connectivity index (χ2n) is 3.32. The molecule has 6 nitrogen and oxygen atoms in total. The molecule has 0 saturated carbocycles. The van der Waals surface area contributed by atoms with Crippen LogP contribution in [0.3, 0.4) is 0 Å². The first kappa shape index (κ1) is 16.3. The minimum Gasteiger partial charge on any atom is -0.480 e. The Morgan fingerprint density at radius 3 is 2.17 bits per heavy atom. The molecule has 0 aromatic heterocycles. The number of aliphatic carboxylic acids is 1. The van der Waals surface area contributed by atoms with Gasteiger partial charge in [-0.05, 0) is 12.0 Å². The summed E-state index contributed by atoms with van der Waals surface area (Å²) >= 11 is 0. The zero-order valence-electron chi connectivity index (χ0n) is 9.56. The van der Waals surface area contributed by atoms with Crippen molar-refractivity contribution >= 4 is 16.1 Å². The molecule has 1 unspecified atom stereocenters. The van der Waals surface area contributed by atoms with Gasteiger partial charge in [-0.25, -0.2) is 0 Å². The quantitative estimate of drug-likeness (QED) is 0.693. The van der Waals surface area contributed by atoms with Gasteiger partial charge in [0.05, 0.1) is 5.41 Å². The van der Waals surface area contributed by atoms with Crippen LogP contribution in [0, 0.1) is 0 Å². The van der Waals surface area contributed by atoms with E-state index in [0.29, 0.717) is 11.8 Å². The molecule has 1 atom stereocenters. The predicted octanol–water partition coefficient (Wildman–Crippen LogP) is 0.659. The van der Waals surface area contributed by atoms with Gasteiger partial charge in [0.15, 0.2) is 0 Å². The van der Waals surface area contributed by atoms with Crippen molar-refractivity contribution in [3.63, 3.8) is 0 Å². The van der Waals surface area contributed by atoms with Gasteiger partial charge in [0.1, 0.15) is 6.04 Å². The lowest BCUT2D eigenvalue weighted by Crippen LogP contribution is -2.32. The summed E-state index contributed by atoms with van der Waals surface area (Å²) in [4.78, 5) is 10.4. The Balaban J connectivity index is 0.000000411. The van der Waals surface area contributed by atoms with Gasteiger partial charge in [-0.2, -0.15) is 8.42 Å². The zero-order valence-corrected chi connectivity index (χ0v) is 10.4. The summed E-state index contributed by atoms with van der Waals surface area (Å²) in [6.07, 6.45) is 0.385. The molecule has 4 N–H and O–H groups in total. The zero-order chi connectivity index (χ0) is 14.2. The topological polar surface area (TPSA) is 118 Å². The molecule has 0 amide bonds. The summed E-state index contributed by atoms with van der Waals surface area (Å²) in [5.41, 5.74) is 6.30. The maximum Gasteiger partial charge on any atom is 0.320 e. The van der Waals surface area contributed by atoms with Crippen LogP contribution < -0.4 is 5.73 Å². The lowest BCUT2D eigenvalue weighted by atomic mass is 10.1. The number of nitrogens with two attached hydrogens (primary N) is 1. The van der Waals surface area contributed by atoms with Crippen molar-refractivity contribution < 1.29 is 22.9 Å². The SMILES string of the molecule is C=CS(=O)(=O)O.NC(Cc1ccccc1)C(=O)O. The number of carbonyl (C=O) groups is 1. The van der Waals surface area contributed by atoms with E-state index in [1.54, 1.807) is 0 Å². The molecule has 1 aromatic carbocycles. The first-order chi connectivity index (χ1) is 8.26. The molecule has 0 heterocycles. The Bertz CT molecular complexity index is 472. The van der Waals surface area contributed by atoms with Crippen molar-refractivity contribution in [1.29, 1.82) is 0 Å². The molecule has 0 fully saturated rings. The Hall–Kier alpha value is -1.70. The number of rotatable bonds is 4. The average Bonchev–Trinajstić information content (AvgIpc) is 2.30. The number of hydrogen-bond acceptors (Lipinski definition) is 4. The van der Waals surface area contributed by atoms with Gasteiger partial charge in [-0.15, -0.1) is 0 Å². The molecule has 0 aliphatic heterocycles. The fraction of sp³-hybridized carbons (Fsp3) is 0.182. The van der Waals surface area contributed by atoms with Gasteiger partial charge in [-0.1, -0.05) is 36.9 Å². The Morgan fingerprint density at radius 1 is 1.39 bits per heavy atom. The molecule has 0 aliphatic carbocycles. The number of carboxylic acid groups (broad SMARTS) is 1. The smallest absolute Gasteiger partial charge is 0.320 e. The highest BCUT2D eigenvalue weighted by molar-refractivity contribution is 7.88. The predicted molar refractivity (Wildman–Crippen MR) is 67.5 cm³/mol. The van der Waals surface area contributed by atoms with Crippen LogP contribution >= 0.6 is 0 Å². The highest BCUT2D eigenvalue weighted by Crippen LogP contribution is 2.01. The third-order valence-electron chi connectivity index (χ3n) is 1.83. The van der Waals surface area contributed by atoms with Crippen molar-refractivity contribution in [1.82, 2.24) is 0 Å². The minimum absolute atomic E-state index is 0.385. The first-order valence-corrected chi connectivity index (χ1v) is 6.39. The normalized spacial score (nSPS) is 11.9. The van der Waals surface area contributed by atoms with Gasteiger partial charge in [0.25, 0.3) is 10.1 Å². The van der Waals surface area contributed by atoms with E-state index in [2.05, 4.69) is 6.58 Å². The Kier molecular flexibility index (Phi) is 6.88. The fourth-order valence-corrected chi connectivity index (χ4v) is 0.955. The maximum atomic E-state index is 10.4. The molecule has 0 radical (unpaired) electrons. The van der Waals surface area contributed by atoms with E-state index in [4.69, 9.17) is 15.4 Å². The van der Waals surface area contributed by atoms with Crippen LogP contribution in [0.4, 0.5) is 0 Å². The third-order valence-corrected chi connectivity index (χ3v) is 2.25. The minimum atomic E-state index is -3.90. The summed E-state index contributed by atoms with van der Waals surface area (Å²) in [5.74, 6) is -0.959. The highest BCUT2D eigenvalue weighted by atomic mass is 32.2. The van der Waals surface area contributed by atoms with Gasteiger partial charge in [0, 0.05) is 0 Å². The van der Waals surface area contributed by atoms with Crippen LogP contribution in [0.15, 0.2) is 42.3 Å². The van der Waals surface area contributed by atoms with Crippen molar-refractivity contribution in [2.75, 3.05) is 0 Å². The summed E-state index contributed by atoms with van der Waals surface area (Å²) < 4.78 is 26.6. The van der Waals surface area contributed by atoms with Gasteiger partial charge < -0.3 is 10.8 Å². The molecular formula is C11H15NO5S. The second kappa shape index (κ2) is 7.59. The van der Waals surface area contributed by atoms with Crippen LogP contribution in [0.2, 0.25) is 0 Å². The Morgan fingerprint density at radius 2 is 1.83 bits per heavy atom. The summed E-state index contributed by atoms with van der Waals surface area (Å²) in [7, 11) is -3.90. The summed E-state index contributed by atoms with van der Waals surface area (Å²) in [5, 5.41) is 8.98. The fourth-order valence-electron chi connectivity index (χ4n) is 0.955. The van der Waals surface area contributed by atoms with E-state index in [9.17, 15) is 13.2 Å². The summed E-state index contributed by atoms with van der Waals surface area (Å²) in [6, 6.07) is 8.54. The van der Waals surface area contributed by atoms with E-state index in [1.165, 1.54) is 0 Å². The number of hydrogen-bond donors (Lipinski definition) is 3. The molecular weight excluding hydrogens is 258 g/mol. The van der Waals surface area contributed by atoms with Crippen molar-refractivity contribution in [3.8, 4) is 0 Å². The highest BCUT2D eigenvalue weighted by Gasteiger charge is 2.10. The van der Waals surface area contributed by atoms with Crippen LogP contribution in [-0.2, 0) is 21.3 Å². The largest absolute Gasteiger partial charge is 0.480 e. The number of benzene rings is 1. The van der Waals surface area contributed by atoms with Crippen molar-refractivity contribution in [2.45, 2.75) is 12.5 Å². The average molecular weight is 273 g/mol.